The molecule has 0 aromatic heterocycles. The molecule has 1 aromatic carbocycles. The number of methoxy groups -OCH3 is 1. The summed E-state index contributed by atoms with van der Waals surface area (Å²) in [5.41, 5.74) is 5.80. The van der Waals surface area contributed by atoms with Crippen molar-refractivity contribution in [2.45, 2.75) is 12.5 Å². The summed E-state index contributed by atoms with van der Waals surface area (Å²) < 4.78 is 30.6. The molecule has 0 saturated heterocycles. The van der Waals surface area contributed by atoms with Gasteiger partial charge in [0, 0.05) is 26.3 Å². The van der Waals surface area contributed by atoms with Gasteiger partial charge in [-0.2, -0.15) is 0 Å². The molecule has 0 spiro atoms. The van der Waals surface area contributed by atoms with E-state index in [0.717, 1.165) is 6.07 Å². The van der Waals surface area contributed by atoms with Gasteiger partial charge in [0.2, 0.25) is 5.91 Å². The SMILES string of the molecule is COC(CN)C(=O)NCCc1cc(F)cc(F)c1.Cl. The molecule has 108 valence electrons. The van der Waals surface area contributed by atoms with Gasteiger partial charge in [-0.3, -0.25) is 4.79 Å². The Morgan fingerprint density at radius 1 is 1.37 bits per heavy atom. The number of amides is 1. The van der Waals surface area contributed by atoms with E-state index in [1.165, 1.54) is 19.2 Å². The Morgan fingerprint density at radius 2 is 1.95 bits per heavy atom. The molecule has 19 heavy (non-hydrogen) atoms. The summed E-state index contributed by atoms with van der Waals surface area (Å²) in [7, 11) is 1.39. The average molecular weight is 295 g/mol. The van der Waals surface area contributed by atoms with Crippen molar-refractivity contribution in [3.8, 4) is 0 Å². The van der Waals surface area contributed by atoms with Crippen molar-refractivity contribution in [2.75, 3.05) is 20.2 Å². The largest absolute Gasteiger partial charge is 0.370 e. The number of rotatable bonds is 6. The zero-order valence-electron chi connectivity index (χ0n) is 10.5. The molecule has 0 aliphatic carbocycles. The fourth-order valence-electron chi connectivity index (χ4n) is 1.51. The second-order valence-corrected chi connectivity index (χ2v) is 3.78. The summed E-state index contributed by atoms with van der Waals surface area (Å²) in [6, 6.07) is 3.26. The monoisotopic (exact) mass is 294 g/mol. The fraction of sp³-hybridized carbons (Fsp3) is 0.417. The predicted molar refractivity (Wildman–Crippen MR) is 70.2 cm³/mol. The zero-order valence-corrected chi connectivity index (χ0v) is 11.3. The molecular weight excluding hydrogens is 278 g/mol. The Kier molecular flexibility index (Phi) is 8.22. The highest BCUT2D eigenvalue weighted by Gasteiger charge is 2.14. The predicted octanol–water partition coefficient (Wildman–Crippen LogP) is 1.02. The minimum Gasteiger partial charge on any atom is -0.370 e. The lowest BCUT2D eigenvalue weighted by atomic mass is 10.1. The number of hydrogen-bond donors (Lipinski definition) is 2. The molecule has 1 unspecified atom stereocenters. The van der Waals surface area contributed by atoms with Crippen LogP contribution in [0.15, 0.2) is 18.2 Å². The first kappa shape index (κ1) is 17.8. The molecule has 4 nitrogen and oxygen atoms in total. The van der Waals surface area contributed by atoms with Crippen LogP contribution < -0.4 is 11.1 Å². The number of nitrogens with two attached hydrogens (primary N) is 1. The van der Waals surface area contributed by atoms with Crippen LogP contribution in [0.5, 0.6) is 0 Å². The maximum atomic E-state index is 12.9. The van der Waals surface area contributed by atoms with E-state index < -0.39 is 17.7 Å². The van der Waals surface area contributed by atoms with Gasteiger partial charge in [-0.25, -0.2) is 8.78 Å². The average Bonchev–Trinajstić information content (AvgIpc) is 2.29. The van der Waals surface area contributed by atoms with Gasteiger partial charge in [0.25, 0.3) is 0 Å². The van der Waals surface area contributed by atoms with Crippen LogP contribution in [-0.2, 0) is 16.0 Å². The quantitative estimate of drug-likeness (QED) is 0.823. The highest BCUT2D eigenvalue weighted by Crippen LogP contribution is 2.08. The highest BCUT2D eigenvalue weighted by atomic mass is 35.5. The standard InChI is InChI=1S/C12H16F2N2O2.ClH/c1-18-11(7-15)12(17)16-3-2-8-4-9(13)6-10(14)5-8;/h4-6,11H,2-3,7,15H2,1H3,(H,16,17);1H. The van der Waals surface area contributed by atoms with E-state index in [9.17, 15) is 13.6 Å². The van der Waals surface area contributed by atoms with E-state index in [0.29, 0.717) is 12.0 Å². The highest BCUT2D eigenvalue weighted by molar-refractivity contribution is 5.85. The zero-order chi connectivity index (χ0) is 13.5. The van der Waals surface area contributed by atoms with Crippen LogP contribution in [0.2, 0.25) is 0 Å². The third kappa shape index (κ3) is 5.96. The third-order valence-corrected chi connectivity index (χ3v) is 2.43. The Bertz CT molecular complexity index is 394. The minimum atomic E-state index is -0.700. The second kappa shape index (κ2) is 8.79. The molecule has 1 atom stereocenters. The molecule has 0 fully saturated rings. The van der Waals surface area contributed by atoms with Gasteiger partial charge >= 0.3 is 0 Å². The summed E-state index contributed by atoms with van der Waals surface area (Å²) in [6.07, 6.45) is -0.365. The van der Waals surface area contributed by atoms with Crippen molar-refractivity contribution in [2.24, 2.45) is 5.73 Å². The first-order chi connectivity index (χ1) is 8.56. The summed E-state index contributed by atoms with van der Waals surface area (Å²) in [5, 5.41) is 2.58. The molecule has 1 rings (SSSR count). The van der Waals surface area contributed by atoms with Gasteiger partial charge in [-0.1, -0.05) is 0 Å². The molecule has 1 amide bonds. The first-order valence-corrected chi connectivity index (χ1v) is 5.52. The number of carbonyl (C=O) groups excluding carboxylic acids is 1. The van der Waals surface area contributed by atoms with Crippen LogP contribution in [0.3, 0.4) is 0 Å². The van der Waals surface area contributed by atoms with Crippen LogP contribution in [0.4, 0.5) is 8.78 Å². The fourth-order valence-corrected chi connectivity index (χ4v) is 1.51. The Labute approximate surface area is 116 Å². The van der Waals surface area contributed by atoms with E-state index in [-0.39, 0.29) is 31.4 Å². The lowest BCUT2D eigenvalue weighted by Gasteiger charge is -2.12. The molecule has 7 heteroatoms. The number of halogens is 3. The minimum absolute atomic E-state index is 0. The first-order valence-electron chi connectivity index (χ1n) is 5.52. The van der Waals surface area contributed by atoms with Crippen LogP contribution >= 0.6 is 12.4 Å². The second-order valence-electron chi connectivity index (χ2n) is 3.78. The molecule has 0 aliphatic heterocycles. The normalized spacial score (nSPS) is 11.6. The Hall–Kier alpha value is -1.24. The van der Waals surface area contributed by atoms with Gasteiger partial charge in [-0.15, -0.1) is 12.4 Å². The van der Waals surface area contributed by atoms with Crippen LogP contribution in [0.25, 0.3) is 0 Å². The van der Waals surface area contributed by atoms with Crippen molar-refractivity contribution in [3.63, 3.8) is 0 Å². The summed E-state index contributed by atoms with van der Waals surface area (Å²) in [6.45, 7) is 0.346. The van der Waals surface area contributed by atoms with E-state index in [1.54, 1.807) is 0 Å². The number of benzene rings is 1. The summed E-state index contributed by atoms with van der Waals surface area (Å²) in [4.78, 5) is 11.5. The van der Waals surface area contributed by atoms with Crippen LogP contribution in [0.1, 0.15) is 5.56 Å². The van der Waals surface area contributed by atoms with Gasteiger partial charge in [0.05, 0.1) is 0 Å². The van der Waals surface area contributed by atoms with E-state index in [2.05, 4.69) is 5.32 Å². The van der Waals surface area contributed by atoms with Crippen molar-refractivity contribution in [1.29, 1.82) is 0 Å². The van der Waals surface area contributed by atoms with E-state index in [4.69, 9.17) is 10.5 Å². The van der Waals surface area contributed by atoms with Crippen LogP contribution in [0, 0.1) is 11.6 Å². The molecule has 3 N–H and O–H groups in total. The molecule has 0 aliphatic rings. The number of hydrogen-bond acceptors (Lipinski definition) is 3. The molecular formula is C12H17ClF2N2O2. The van der Waals surface area contributed by atoms with Crippen molar-refractivity contribution >= 4 is 18.3 Å². The summed E-state index contributed by atoms with van der Waals surface area (Å²) >= 11 is 0. The number of carbonyl (C=O) groups is 1. The number of ether oxygens (including phenoxy) is 1. The van der Waals surface area contributed by atoms with E-state index >= 15 is 0 Å². The molecule has 0 bridgehead atoms. The van der Waals surface area contributed by atoms with Gasteiger partial charge in [-0.05, 0) is 24.1 Å². The molecule has 0 saturated carbocycles. The Balaban J connectivity index is 0.00000324. The lowest BCUT2D eigenvalue weighted by molar-refractivity contribution is -0.130. The Morgan fingerprint density at radius 3 is 2.42 bits per heavy atom. The van der Waals surface area contributed by atoms with Crippen molar-refractivity contribution < 1.29 is 18.3 Å². The molecule has 0 radical (unpaired) electrons. The maximum absolute atomic E-state index is 12.9. The third-order valence-electron chi connectivity index (χ3n) is 2.43. The maximum Gasteiger partial charge on any atom is 0.250 e. The molecule has 0 heterocycles. The van der Waals surface area contributed by atoms with Gasteiger partial charge in [0.1, 0.15) is 17.7 Å². The van der Waals surface area contributed by atoms with Crippen LogP contribution in [-0.4, -0.2) is 32.2 Å². The van der Waals surface area contributed by atoms with Crippen molar-refractivity contribution in [3.05, 3.63) is 35.4 Å². The number of nitrogens with one attached hydrogen (secondary N) is 1. The lowest BCUT2D eigenvalue weighted by Crippen LogP contribution is -2.41. The van der Waals surface area contributed by atoms with Gasteiger partial charge in [0.15, 0.2) is 0 Å². The van der Waals surface area contributed by atoms with E-state index in [1.807, 2.05) is 0 Å². The van der Waals surface area contributed by atoms with Gasteiger partial charge < -0.3 is 15.8 Å². The summed E-state index contributed by atoms with van der Waals surface area (Å²) in [5.74, 6) is -1.60. The smallest absolute Gasteiger partial charge is 0.250 e. The molecule has 1 aromatic rings. The van der Waals surface area contributed by atoms with Crippen molar-refractivity contribution in [1.82, 2.24) is 5.32 Å². The topological polar surface area (TPSA) is 64.3 Å².